The van der Waals surface area contributed by atoms with Gasteiger partial charge in [0.25, 0.3) is 0 Å². The number of piperazine rings is 1. The van der Waals surface area contributed by atoms with E-state index in [4.69, 9.17) is 4.74 Å². The first-order valence-electron chi connectivity index (χ1n) is 9.07. The topological polar surface area (TPSA) is 49.9 Å². The van der Waals surface area contributed by atoms with Gasteiger partial charge >= 0.3 is 0 Å². The number of hydrogen-bond acceptors (Lipinski definition) is 4. The number of rotatable bonds is 7. The van der Waals surface area contributed by atoms with Crippen molar-refractivity contribution in [3.05, 3.63) is 65.5 Å². The van der Waals surface area contributed by atoms with Gasteiger partial charge in [0, 0.05) is 32.7 Å². The van der Waals surface area contributed by atoms with E-state index in [0.29, 0.717) is 39.3 Å². The number of para-hydroxylation sites is 1. The molecule has 146 valence electrons. The number of hydrogen-bond donors (Lipinski definition) is 0. The molecule has 1 heterocycles. The van der Waals surface area contributed by atoms with Gasteiger partial charge in [-0.2, -0.15) is 4.31 Å². The Labute approximate surface area is 160 Å². The summed E-state index contributed by atoms with van der Waals surface area (Å²) in [7, 11) is -3.32. The third-order valence-corrected chi connectivity index (χ3v) is 6.55. The minimum Gasteiger partial charge on any atom is -0.489 e. The molecule has 0 radical (unpaired) electrons. The van der Waals surface area contributed by atoms with E-state index in [9.17, 15) is 12.8 Å². The molecule has 0 atom stereocenters. The van der Waals surface area contributed by atoms with E-state index in [2.05, 4.69) is 4.90 Å². The van der Waals surface area contributed by atoms with Crippen LogP contribution in [0.1, 0.15) is 11.1 Å². The molecule has 1 fully saturated rings. The maximum Gasteiger partial charge on any atom is 0.218 e. The molecule has 0 aromatic heterocycles. The first kappa shape index (κ1) is 19.8. The molecule has 7 heteroatoms. The largest absolute Gasteiger partial charge is 0.489 e. The van der Waals surface area contributed by atoms with Gasteiger partial charge in [-0.25, -0.2) is 12.8 Å². The predicted octanol–water partition coefficient (Wildman–Crippen LogP) is 2.66. The molecule has 2 aromatic carbocycles. The zero-order valence-corrected chi connectivity index (χ0v) is 16.3. The Morgan fingerprint density at radius 1 is 1.00 bits per heavy atom. The molecule has 0 amide bonds. The second-order valence-electron chi connectivity index (χ2n) is 6.76. The maximum absolute atomic E-state index is 13.5. The summed E-state index contributed by atoms with van der Waals surface area (Å²) in [6, 6.07) is 13.9. The molecular weight excluding hydrogens is 367 g/mol. The number of sulfonamides is 1. The van der Waals surface area contributed by atoms with Crippen molar-refractivity contribution in [2.75, 3.05) is 39.3 Å². The smallest absolute Gasteiger partial charge is 0.218 e. The monoisotopic (exact) mass is 392 g/mol. The zero-order chi connectivity index (χ0) is 19.3. The maximum atomic E-state index is 13.5. The van der Waals surface area contributed by atoms with Gasteiger partial charge in [0.05, 0.1) is 5.75 Å². The summed E-state index contributed by atoms with van der Waals surface area (Å²) in [6.07, 6.45) is 0. The molecule has 0 N–H and O–H groups in total. The molecule has 0 unspecified atom stereocenters. The highest BCUT2D eigenvalue weighted by Crippen LogP contribution is 2.16. The highest BCUT2D eigenvalue weighted by atomic mass is 32.2. The summed E-state index contributed by atoms with van der Waals surface area (Å²) < 4.78 is 45.8. The average Bonchev–Trinajstić information content (AvgIpc) is 2.65. The van der Waals surface area contributed by atoms with Crippen molar-refractivity contribution in [1.29, 1.82) is 0 Å². The van der Waals surface area contributed by atoms with Crippen LogP contribution in [0.3, 0.4) is 0 Å². The van der Waals surface area contributed by atoms with Crippen LogP contribution < -0.4 is 4.74 Å². The third kappa shape index (κ3) is 5.51. The number of nitrogens with zero attached hydrogens (tertiary/aromatic N) is 2. The first-order valence-corrected chi connectivity index (χ1v) is 10.7. The molecule has 0 bridgehead atoms. The molecule has 3 rings (SSSR count). The van der Waals surface area contributed by atoms with Crippen molar-refractivity contribution in [3.8, 4) is 5.75 Å². The Kier molecular flexibility index (Phi) is 6.46. The Morgan fingerprint density at radius 2 is 1.67 bits per heavy atom. The predicted molar refractivity (Wildman–Crippen MR) is 104 cm³/mol. The summed E-state index contributed by atoms with van der Waals surface area (Å²) in [5.41, 5.74) is 1.92. The van der Waals surface area contributed by atoms with E-state index in [-0.39, 0.29) is 17.3 Å². The van der Waals surface area contributed by atoms with Gasteiger partial charge in [0.15, 0.2) is 11.6 Å². The molecule has 27 heavy (non-hydrogen) atoms. The molecule has 5 nitrogen and oxygen atoms in total. The molecule has 0 aliphatic carbocycles. The number of aryl methyl sites for hydroxylation is 1. The second kappa shape index (κ2) is 8.82. The van der Waals surface area contributed by atoms with E-state index in [1.165, 1.54) is 6.07 Å². The van der Waals surface area contributed by atoms with Gasteiger partial charge in [-0.05, 0) is 24.6 Å². The minimum absolute atomic E-state index is 0.0314. The highest BCUT2D eigenvalue weighted by Gasteiger charge is 2.27. The van der Waals surface area contributed by atoms with E-state index in [0.717, 1.165) is 11.1 Å². The Bertz CT molecular complexity index is 848. The summed E-state index contributed by atoms with van der Waals surface area (Å²) >= 11 is 0. The third-order valence-electron chi connectivity index (χ3n) is 4.70. The normalized spacial score (nSPS) is 16.4. The zero-order valence-electron chi connectivity index (χ0n) is 15.5. The Balaban J connectivity index is 1.45. The van der Waals surface area contributed by atoms with Crippen molar-refractivity contribution < 1.29 is 17.5 Å². The minimum atomic E-state index is -3.32. The van der Waals surface area contributed by atoms with Crippen LogP contribution in [0, 0.1) is 12.7 Å². The Hall–Kier alpha value is -1.96. The fourth-order valence-electron chi connectivity index (χ4n) is 3.06. The van der Waals surface area contributed by atoms with Gasteiger partial charge < -0.3 is 4.74 Å². The van der Waals surface area contributed by atoms with Crippen molar-refractivity contribution in [3.63, 3.8) is 0 Å². The van der Waals surface area contributed by atoms with E-state index < -0.39 is 10.0 Å². The number of benzene rings is 2. The highest BCUT2D eigenvalue weighted by molar-refractivity contribution is 7.88. The van der Waals surface area contributed by atoms with Gasteiger partial charge in [-0.15, -0.1) is 0 Å². The van der Waals surface area contributed by atoms with E-state index in [1.807, 2.05) is 31.2 Å². The van der Waals surface area contributed by atoms with Crippen LogP contribution >= 0.6 is 0 Å². The summed E-state index contributed by atoms with van der Waals surface area (Å²) in [6.45, 7) is 5.22. The summed E-state index contributed by atoms with van der Waals surface area (Å²) in [5, 5.41) is 0. The molecule has 0 saturated carbocycles. The number of ether oxygens (including phenoxy) is 1. The Morgan fingerprint density at radius 3 is 2.33 bits per heavy atom. The fourth-order valence-corrected chi connectivity index (χ4v) is 4.58. The summed E-state index contributed by atoms with van der Waals surface area (Å²) in [4.78, 5) is 2.14. The lowest BCUT2D eigenvalue weighted by Gasteiger charge is -2.33. The lowest BCUT2D eigenvalue weighted by Crippen LogP contribution is -2.49. The molecule has 0 spiro atoms. The average molecular weight is 392 g/mol. The van der Waals surface area contributed by atoms with Crippen molar-refractivity contribution in [2.24, 2.45) is 0 Å². The first-order chi connectivity index (χ1) is 12.9. The second-order valence-corrected chi connectivity index (χ2v) is 8.73. The van der Waals surface area contributed by atoms with Crippen LogP contribution in [0.15, 0.2) is 48.5 Å². The lowest BCUT2D eigenvalue weighted by atomic mass is 10.2. The van der Waals surface area contributed by atoms with Gasteiger partial charge in [0.1, 0.15) is 6.61 Å². The van der Waals surface area contributed by atoms with Gasteiger partial charge in [-0.1, -0.05) is 42.0 Å². The van der Waals surface area contributed by atoms with Crippen molar-refractivity contribution in [2.45, 2.75) is 12.7 Å². The van der Waals surface area contributed by atoms with E-state index >= 15 is 0 Å². The standard InChI is InChI=1S/C20H25FN2O3S/c1-17-6-8-18(9-7-17)16-27(24,25)23-12-10-22(11-13-23)14-15-26-20-5-3-2-4-19(20)21/h2-9H,10-16H2,1H3. The van der Waals surface area contributed by atoms with Crippen molar-refractivity contribution >= 4 is 10.0 Å². The van der Waals surface area contributed by atoms with Crippen LogP contribution in [-0.4, -0.2) is 57.0 Å². The van der Waals surface area contributed by atoms with Crippen LogP contribution in [-0.2, 0) is 15.8 Å². The fraction of sp³-hybridized carbons (Fsp3) is 0.400. The van der Waals surface area contributed by atoms with Gasteiger partial charge in [-0.3, -0.25) is 4.90 Å². The quantitative estimate of drug-likeness (QED) is 0.727. The molecule has 1 aliphatic heterocycles. The molecule has 1 aliphatic rings. The SMILES string of the molecule is Cc1ccc(CS(=O)(=O)N2CCN(CCOc3ccccc3F)CC2)cc1. The van der Waals surface area contributed by atoms with Crippen LogP contribution in [0.4, 0.5) is 4.39 Å². The van der Waals surface area contributed by atoms with Crippen LogP contribution in [0.25, 0.3) is 0 Å². The summed E-state index contributed by atoms with van der Waals surface area (Å²) in [5.74, 6) is -0.0923. The van der Waals surface area contributed by atoms with E-state index in [1.54, 1.807) is 22.5 Å². The molecule has 1 saturated heterocycles. The number of halogens is 1. The van der Waals surface area contributed by atoms with Crippen LogP contribution in [0.2, 0.25) is 0 Å². The lowest BCUT2D eigenvalue weighted by molar-refractivity contribution is 0.157. The van der Waals surface area contributed by atoms with Gasteiger partial charge in [0.2, 0.25) is 10.0 Å². The van der Waals surface area contributed by atoms with Crippen LogP contribution in [0.5, 0.6) is 5.75 Å². The molecule has 2 aromatic rings. The molecular formula is C20H25FN2O3S. The van der Waals surface area contributed by atoms with Crippen molar-refractivity contribution in [1.82, 2.24) is 9.21 Å².